The van der Waals surface area contributed by atoms with Crippen LogP contribution in [0.25, 0.3) is 0 Å². The molecule has 7 nitrogen and oxygen atoms in total. The summed E-state index contributed by atoms with van der Waals surface area (Å²) >= 11 is 0. The van der Waals surface area contributed by atoms with Gasteiger partial charge in [-0.1, -0.05) is 87.3 Å². The molecule has 2 aromatic rings. The standard InChI is InChI=1S/C44H67N5O2/c1-42(2,3)34-27-33(40(51)36(28-34)44(7,8)9)30-46-38-19-12-11-18-37(38)45-29-32-25-31(26-35(39(32)50)43(4,5)6)17-13-14-21-48-23-16-24-49-22-15-20-47(10)41(48)49/h25-30,37-38H,11-24H2,1-10H3,(H-,45,46,50,51)/p+1. The molecule has 0 bridgehead atoms. The highest BCUT2D eigenvalue weighted by Gasteiger charge is 2.34. The fourth-order valence-electron chi connectivity index (χ4n) is 8.07. The van der Waals surface area contributed by atoms with Crippen molar-refractivity contribution in [2.45, 2.75) is 148 Å². The molecule has 51 heavy (non-hydrogen) atoms. The molecule has 0 radical (unpaired) electrons. The van der Waals surface area contributed by atoms with E-state index in [1.807, 2.05) is 12.4 Å². The zero-order valence-electron chi connectivity index (χ0n) is 33.6. The minimum absolute atomic E-state index is 0.0324. The number of hydrogen-bond donors (Lipinski definition) is 2. The fraction of sp³-hybridized carbons (Fsp3) is 0.659. The lowest BCUT2D eigenvalue weighted by molar-refractivity contribution is -0.515. The quantitative estimate of drug-likeness (QED) is 0.156. The maximum absolute atomic E-state index is 11.5. The Labute approximate surface area is 309 Å². The maximum Gasteiger partial charge on any atom is 0.350 e. The molecule has 0 amide bonds. The van der Waals surface area contributed by atoms with Crippen LogP contribution in [0.15, 0.2) is 34.3 Å². The van der Waals surface area contributed by atoms with E-state index in [2.05, 4.69) is 108 Å². The average Bonchev–Trinajstić information content (AvgIpc) is 3.05. The van der Waals surface area contributed by atoms with Crippen molar-refractivity contribution in [3.63, 3.8) is 0 Å². The van der Waals surface area contributed by atoms with Gasteiger partial charge in [0, 0.05) is 47.5 Å². The zero-order chi connectivity index (χ0) is 37.1. The van der Waals surface area contributed by atoms with Crippen LogP contribution in [0.2, 0.25) is 0 Å². The summed E-state index contributed by atoms with van der Waals surface area (Å²) in [7, 11) is 2.24. The SMILES string of the molecule is C[N+]1=C2N(CCCCc3cc(C=NC4CCCCC4N=Cc4cc(C(C)(C)C)cc(C(C)(C)C)c4O)c(O)c(C(C)(C)C)c3)CCCN2CCC1. The van der Waals surface area contributed by atoms with Crippen molar-refractivity contribution in [1.29, 1.82) is 0 Å². The largest absolute Gasteiger partial charge is 0.507 e. The molecule has 0 aromatic heterocycles. The van der Waals surface area contributed by atoms with E-state index in [-0.39, 0.29) is 28.3 Å². The molecular weight excluding hydrogens is 631 g/mol. The topological polar surface area (TPSA) is 74.7 Å². The average molecular weight is 699 g/mol. The van der Waals surface area contributed by atoms with Gasteiger partial charge in [0.2, 0.25) is 0 Å². The summed E-state index contributed by atoms with van der Waals surface area (Å²) in [4.78, 5) is 15.4. The highest BCUT2D eigenvalue weighted by Crippen LogP contribution is 2.38. The molecule has 280 valence electrons. The number of hydrogen-bond acceptors (Lipinski definition) is 6. The van der Waals surface area contributed by atoms with Gasteiger partial charge in [0.1, 0.15) is 11.5 Å². The Balaban J connectivity index is 1.33. The molecule has 2 atom stereocenters. The predicted octanol–water partition coefficient (Wildman–Crippen LogP) is 8.57. The molecule has 2 aromatic carbocycles. The number of guanidine groups is 1. The third-order valence-corrected chi connectivity index (χ3v) is 11.2. The van der Waals surface area contributed by atoms with E-state index in [1.54, 1.807) is 0 Å². The zero-order valence-corrected chi connectivity index (χ0v) is 33.6. The van der Waals surface area contributed by atoms with Crippen LogP contribution < -0.4 is 0 Å². The molecule has 1 saturated carbocycles. The number of nitrogens with zero attached hydrogens (tertiary/aromatic N) is 5. The summed E-state index contributed by atoms with van der Waals surface area (Å²) < 4.78 is 2.45. The molecule has 1 saturated heterocycles. The summed E-state index contributed by atoms with van der Waals surface area (Å²) in [6.45, 7) is 25.4. The molecule has 2 N–H and O–H groups in total. The smallest absolute Gasteiger partial charge is 0.350 e. The Morgan fingerprint density at radius 1 is 0.706 bits per heavy atom. The number of phenols is 2. The van der Waals surface area contributed by atoms with Crippen LogP contribution >= 0.6 is 0 Å². The first kappa shape index (κ1) is 38.9. The Hall–Kier alpha value is -3.35. The minimum Gasteiger partial charge on any atom is -0.507 e. The first-order chi connectivity index (χ1) is 23.9. The van der Waals surface area contributed by atoms with Gasteiger partial charge in [-0.25, -0.2) is 0 Å². The molecule has 2 heterocycles. The Kier molecular flexibility index (Phi) is 12.0. The van der Waals surface area contributed by atoms with Gasteiger partial charge in [0.25, 0.3) is 0 Å². The van der Waals surface area contributed by atoms with Crippen molar-refractivity contribution in [1.82, 2.24) is 9.80 Å². The van der Waals surface area contributed by atoms with Gasteiger partial charge >= 0.3 is 5.96 Å². The molecule has 2 fully saturated rings. The number of rotatable bonds is 9. The second-order valence-corrected chi connectivity index (χ2v) is 18.6. The van der Waals surface area contributed by atoms with E-state index in [9.17, 15) is 10.2 Å². The molecule has 0 spiro atoms. The number of aryl methyl sites for hydroxylation is 1. The second kappa shape index (κ2) is 15.7. The van der Waals surface area contributed by atoms with Gasteiger partial charge in [-0.15, -0.1) is 0 Å². The van der Waals surface area contributed by atoms with E-state index in [0.29, 0.717) is 11.5 Å². The van der Waals surface area contributed by atoms with E-state index >= 15 is 0 Å². The summed E-state index contributed by atoms with van der Waals surface area (Å²) in [6.07, 6.45) is 13.7. The first-order valence-corrected chi connectivity index (χ1v) is 19.8. The van der Waals surface area contributed by atoms with Crippen molar-refractivity contribution in [2.75, 3.05) is 39.8 Å². The number of unbranched alkanes of at least 4 members (excludes halogenated alkanes) is 1. The van der Waals surface area contributed by atoms with Crippen LogP contribution in [-0.2, 0) is 22.7 Å². The molecule has 2 unspecified atom stereocenters. The van der Waals surface area contributed by atoms with Crippen molar-refractivity contribution >= 4 is 18.4 Å². The van der Waals surface area contributed by atoms with Crippen LogP contribution in [0.5, 0.6) is 11.5 Å². The van der Waals surface area contributed by atoms with E-state index < -0.39 is 0 Å². The van der Waals surface area contributed by atoms with E-state index in [1.165, 1.54) is 43.0 Å². The number of aliphatic imine (C=N–C) groups is 2. The summed E-state index contributed by atoms with van der Waals surface area (Å²) in [6, 6.07) is 8.70. The van der Waals surface area contributed by atoms with Gasteiger partial charge in [0.15, 0.2) is 0 Å². The first-order valence-electron chi connectivity index (χ1n) is 19.8. The van der Waals surface area contributed by atoms with Crippen molar-refractivity contribution < 1.29 is 14.8 Å². The monoisotopic (exact) mass is 699 g/mol. The number of aromatic hydroxyl groups is 2. The molecule has 2 aliphatic heterocycles. The molecule has 1 aliphatic carbocycles. The Bertz CT molecular complexity index is 1620. The third-order valence-electron chi connectivity index (χ3n) is 11.2. The Morgan fingerprint density at radius 2 is 1.27 bits per heavy atom. The van der Waals surface area contributed by atoms with Crippen molar-refractivity contribution in [2.24, 2.45) is 9.98 Å². The number of fused-ring (bicyclic) bond motifs is 1. The lowest BCUT2D eigenvalue weighted by Gasteiger charge is -2.36. The third kappa shape index (κ3) is 9.56. The van der Waals surface area contributed by atoms with E-state index in [0.717, 1.165) is 86.8 Å². The van der Waals surface area contributed by atoms with Crippen LogP contribution in [0.3, 0.4) is 0 Å². The van der Waals surface area contributed by atoms with Gasteiger partial charge in [-0.3, -0.25) is 24.4 Å². The van der Waals surface area contributed by atoms with Gasteiger partial charge < -0.3 is 10.2 Å². The van der Waals surface area contributed by atoms with Crippen molar-refractivity contribution in [3.8, 4) is 11.5 Å². The van der Waals surface area contributed by atoms with Crippen LogP contribution in [0, 0.1) is 0 Å². The predicted molar refractivity (Wildman–Crippen MR) is 215 cm³/mol. The number of benzene rings is 2. The van der Waals surface area contributed by atoms with Gasteiger partial charge in [-0.05, 0) is 71.6 Å². The lowest BCUT2D eigenvalue weighted by Crippen LogP contribution is -2.57. The van der Waals surface area contributed by atoms with Crippen LogP contribution in [0.4, 0.5) is 0 Å². The summed E-state index contributed by atoms with van der Waals surface area (Å²) in [5.74, 6) is 2.10. The lowest BCUT2D eigenvalue weighted by atomic mass is 9.79. The Morgan fingerprint density at radius 3 is 1.86 bits per heavy atom. The maximum atomic E-state index is 11.5. The van der Waals surface area contributed by atoms with Crippen LogP contribution in [0.1, 0.15) is 147 Å². The normalized spacial score (nSPS) is 20.9. The van der Waals surface area contributed by atoms with Crippen LogP contribution in [-0.4, -0.2) is 94.8 Å². The second-order valence-electron chi connectivity index (χ2n) is 18.6. The minimum atomic E-state index is -0.186. The molecule has 3 aliphatic rings. The van der Waals surface area contributed by atoms with Gasteiger partial charge in [0.05, 0.1) is 51.9 Å². The van der Waals surface area contributed by atoms with E-state index in [4.69, 9.17) is 9.98 Å². The summed E-state index contributed by atoms with van der Waals surface area (Å²) in [5, 5.41) is 22.9. The summed E-state index contributed by atoms with van der Waals surface area (Å²) in [5.41, 5.74) is 5.57. The highest BCUT2D eigenvalue weighted by atomic mass is 16.3. The fourth-order valence-corrected chi connectivity index (χ4v) is 8.07. The highest BCUT2D eigenvalue weighted by molar-refractivity contribution is 5.86. The molecule has 5 rings (SSSR count). The molecular formula is C44H68N5O2+. The van der Waals surface area contributed by atoms with Gasteiger partial charge in [-0.2, -0.15) is 0 Å². The number of phenolic OH excluding ortho intramolecular Hbond substituents is 2. The molecule has 7 heteroatoms. The van der Waals surface area contributed by atoms with Crippen molar-refractivity contribution in [3.05, 3.63) is 57.6 Å².